The summed E-state index contributed by atoms with van der Waals surface area (Å²) >= 11 is 0. The maximum absolute atomic E-state index is 9.96. The highest BCUT2D eigenvalue weighted by atomic mass is 16.6. The minimum atomic E-state index is -0.559. The van der Waals surface area contributed by atoms with Crippen LogP contribution in [-0.4, -0.2) is 68.1 Å². The predicted octanol–water partition coefficient (Wildman–Crippen LogP) is 2.63. The number of pyridine rings is 1. The summed E-state index contributed by atoms with van der Waals surface area (Å²) in [5.74, 6) is 0. The smallest absolute Gasteiger partial charge is 0.169 e. The third-order valence-corrected chi connectivity index (χ3v) is 6.60. The molecule has 4 heterocycles. The van der Waals surface area contributed by atoms with E-state index in [4.69, 9.17) is 14.6 Å². The fraction of sp³-hybridized carbons (Fsp3) is 0.667. The van der Waals surface area contributed by atoms with Gasteiger partial charge in [-0.05, 0) is 37.8 Å². The number of hydrogen-bond acceptors (Lipinski definition) is 8. The van der Waals surface area contributed by atoms with E-state index in [2.05, 4.69) is 40.3 Å². The Balaban J connectivity index is 1.27. The highest BCUT2D eigenvalue weighted by Crippen LogP contribution is 2.23. The Morgan fingerprint density at radius 3 is 2.91 bits per heavy atom. The molecular weight excluding hydrogens is 420 g/mol. The van der Waals surface area contributed by atoms with Crippen LogP contribution >= 0.6 is 0 Å². The molecule has 0 radical (unpaired) electrons. The van der Waals surface area contributed by atoms with Crippen LogP contribution in [0, 0.1) is 0 Å². The number of aliphatic hydroxyl groups excluding tert-OH is 1. The minimum Gasteiger partial charge on any atom is -0.388 e. The van der Waals surface area contributed by atoms with Gasteiger partial charge < -0.3 is 14.7 Å². The second kappa shape index (κ2) is 10.7. The van der Waals surface area contributed by atoms with Gasteiger partial charge in [-0.1, -0.05) is 30.3 Å². The first kappa shape index (κ1) is 23.8. The summed E-state index contributed by atoms with van der Waals surface area (Å²) in [4.78, 5) is 13.1. The van der Waals surface area contributed by atoms with Gasteiger partial charge in [-0.2, -0.15) is 0 Å². The molecule has 4 rings (SSSR count). The largest absolute Gasteiger partial charge is 0.388 e. The van der Waals surface area contributed by atoms with Gasteiger partial charge in [0, 0.05) is 43.9 Å². The van der Waals surface area contributed by atoms with Crippen LogP contribution in [-0.2, 0) is 35.4 Å². The lowest BCUT2D eigenvalue weighted by Crippen LogP contribution is -2.33. The molecule has 0 spiro atoms. The summed E-state index contributed by atoms with van der Waals surface area (Å²) in [7, 11) is 0. The molecule has 9 nitrogen and oxygen atoms in total. The molecule has 33 heavy (non-hydrogen) atoms. The molecule has 1 saturated heterocycles. The van der Waals surface area contributed by atoms with Crippen molar-refractivity contribution < 1.29 is 14.7 Å². The number of rotatable bonds is 9. The zero-order chi connectivity index (χ0) is 23.4. The normalized spacial score (nSPS) is 22.4. The van der Waals surface area contributed by atoms with Crippen LogP contribution in [0.5, 0.6) is 0 Å². The Kier molecular flexibility index (Phi) is 7.72. The average Bonchev–Trinajstić information content (AvgIpc) is 3.49. The molecule has 0 amide bonds. The summed E-state index contributed by atoms with van der Waals surface area (Å²) < 4.78 is 6.94. The van der Waals surface area contributed by atoms with Crippen LogP contribution in [0.25, 0.3) is 0 Å². The lowest BCUT2D eigenvalue weighted by Gasteiger charge is -2.29. The highest BCUT2D eigenvalue weighted by molar-refractivity contribution is 5.81. The van der Waals surface area contributed by atoms with Crippen LogP contribution < -0.4 is 0 Å². The number of oxime groups is 1. The van der Waals surface area contributed by atoms with Crippen LogP contribution in [0.3, 0.4) is 0 Å². The van der Waals surface area contributed by atoms with E-state index in [1.54, 1.807) is 10.9 Å². The first-order chi connectivity index (χ1) is 16.0. The maximum atomic E-state index is 9.96. The molecule has 0 saturated carbocycles. The zero-order valence-electron chi connectivity index (χ0n) is 20.2. The summed E-state index contributed by atoms with van der Waals surface area (Å²) in [5.41, 5.74) is 6.91. The molecule has 3 atom stereocenters. The van der Waals surface area contributed by atoms with Crippen molar-refractivity contribution in [2.24, 2.45) is 5.16 Å². The molecule has 2 aliphatic heterocycles. The first-order valence-electron chi connectivity index (χ1n) is 12.1. The number of nitrogens with zero attached hydrogens (tertiary/aromatic N) is 6. The van der Waals surface area contributed by atoms with Gasteiger partial charge in [0.1, 0.15) is 17.8 Å². The van der Waals surface area contributed by atoms with Gasteiger partial charge in [0.25, 0.3) is 0 Å². The summed E-state index contributed by atoms with van der Waals surface area (Å²) in [6.07, 6.45) is 4.81. The lowest BCUT2D eigenvalue weighted by atomic mass is 9.99. The fourth-order valence-corrected chi connectivity index (χ4v) is 4.44. The van der Waals surface area contributed by atoms with Crippen molar-refractivity contribution in [2.45, 2.75) is 78.2 Å². The Hall–Kier alpha value is -2.36. The second-order valence-electron chi connectivity index (χ2n) is 9.05. The Bertz CT molecular complexity index is 975. The number of ether oxygens (including phenoxy) is 1. The SMILES string of the molecule is CCc1cc2c(nc1CC)CCN(CC/C(C)=N/O[C@@H](C)c1cn([C@@H]3COC[C@H]3O)nn1)C2. The van der Waals surface area contributed by atoms with Crippen molar-refractivity contribution >= 4 is 5.71 Å². The lowest BCUT2D eigenvalue weighted by molar-refractivity contribution is 0.0683. The van der Waals surface area contributed by atoms with E-state index in [-0.39, 0.29) is 12.1 Å². The number of hydrogen-bond donors (Lipinski definition) is 1. The molecule has 2 aromatic rings. The molecule has 0 unspecified atom stereocenters. The molecule has 9 heteroatoms. The van der Waals surface area contributed by atoms with Gasteiger partial charge in [0.05, 0.1) is 25.1 Å². The Labute approximate surface area is 195 Å². The van der Waals surface area contributed by atoms with E-state index in [0.29, 0.717) is 18.9 Å². The number of fused-ring (bicyclic) bond motifs is 1. The van der Waals surface area contributed by atoms with Crippen LogP contribution in [0.15, 0.2) is 17.4 Å². The Morgan fingerprint density at radius 1 is 1.33 bits per heavy atom. The van der Waals surface area contributed by atoms with Gasteiger partial charge in [-0.15, -0.1) is 5.10 Å². The first-order valence-corrected chi connectivity index (χ1v) is 12.1. The molecule has 0 aliphatic carbocycles. The van der Waals surface area contributed by atoms with Crippen molar-refractivity contribution in [3.63, 3.8) is 0 Å². The quantitative estimate of drug-likeness (QED) is 0.457. The summed E-state index contributed by atoms with van der Waals surface area (Å²) in [5, 5.41) is 22.6. The van der Waals surface area contributed by atoms with Crippen LogP contribution in [0.4, 0.5) is 0 Å². The minimum absolute atomic E-state index is 0.199. The van der Waals surface area contributed by atoms with Crippen molar-refractivity contribution in [1.82, 2.24) is 24.9 Å². The number of aliphatic hydroxyl groups is 1. The average molecular weight is 457 g/mol. The van der Waals surface area contributed by atoms with Crippen molar-refractivity contribution in [3.05, 3.63) is 40.5 Å². The van der Waals surface area contributed by atoms with E-state index in [1.807, 2.05) is 13.8 Å². The molecule has 2 aliphatic rings. The van der Waals surface area contributed by atoms with Gasteiger partial charge in [-0.25, -0.2) is 4.68 Å². The monoisotopic (exact) mass is 456 g/mol. The van der Waals surface area contributed by atoms with E-state index in [0.717, 1.165) is 51.0 Å². The van der Waals surface area contributed by atoms with Gasteiger partial charge in [-0.3, -0.25) is 9.88 Å². The molecular formula is C24H36N6O3. The van der Waals surface area contributed by atoms with E-state index >= 15 is 0 Å². The van der Waals surface area contributed by atoms with Gasteiger partial charge >= 0.3 is 0 Å². The van der Waals surface area contributed by atoms with Crippen LogP contribution in [0.1, 0.15) is 74.5 Å². The van der Waals surface area contributed by atoms with Crippen molar-refractivity contribution in [2.75, 3.05) is 26.3 Å². The molecule has 2 aromatic heterocycles. The van der Waals surface area contributed by atoms with Gasteiger partial charge in [0.2, 0.25) is 0 Å². The standard InChI is InChI=1S/C24H36N6O3/c1-5-18-11-19-12-29(10-8-21(19)25-20(18)6-2)9-7-16(3)27-33-17(4)22-13-30(28-26-22)23-14-32-15-24(23)31/h11,13,17,23-24,31H,5-10,12,14-15H2,1-4H3/b27-16+/t17-,23+,24+/m0/s1. The topological polar surface area (TPSA) is 97.9 Å². The van der Waals surface area contributed by atoms with Crippen molar-refractivity contribution in [3.8, 4) is 0 Å². The highest BCUT2D eigenvalue weighted by Gasteiger charge is 2.29. The molecule has 0 bridgehead atoms. The summed E-state index contributed by atoms with van der Waals surface area (Å²) in [6, 6.07) is 2.17. The van der Waals surface area contributed by atoms with E-state index < -0.39 is 6.10 Å². The number of aryl methyl sites for hydroxylation is 2. The predicted molar refractivity (Wildman–Crippen MR) is 125 cm³/mol. The van der Waals surface area contributed by atoms with Crippen LogP contribution in [0.2, 0.25) is 0 Å². The fourth-order valence-electron chi connectivity index (χ4n) is 4.44. The van der Waals surface area contributed by atoms with E-state index in [1.165, 1.54) is 22.5 Å². The second-order valence-corrected chi connectivity index (χ2v) is 9.05. The third-order valence-electron chi connectivity index (χ3n) is 6.60. The maximum Gasteiger partial charge on any atom is 0.169 e. The van der Waals surface area contributed by atoms with Crippen molar-refractivity contribution in [1.29, 1.82) is 0 Å². The molecule has 1 fully saturated rings. The number of aromatic nitrogens is 4. The third kappa shape index (κ3) is 5.59. The molecule has 1 N–H and O–H groups in total. The Morgan fingerprint density at radius 2 is 2.18 bits per heavy atom. The summed E-state index contributed by atoms with van der Waals surface area (Å²) in [6.45, 7) is 12.0. The van der Waals surface area contributed by atoms with Gasteiger partial charge in [0.15, 0.2) is 6.10 Å². The molecule has 180 valence electrons. The zero-order valence-corrected chi connectivity index (χ0v) is 20.2. The molecule has 0 aromatic carbocycles. The van der Waals surface area contributed by atoms with E-state index in [9.17, 15) is 5.11 Å².